The second kappa shape index (κ2) is 5.78. The predicted octanol–water partition coefficient (Wildman–Crippen LogP) is 4.89. The third kappa shape index (κ3) is 3.00. The molecule has 0 aliphatic heterocycles. The van der Waals surface area contributed by atoms with E-state index < -0.39 is 0 Å². The molecule has 0 aromatic heterocycles. The van der Waals surface area contributed by atoms with Crippen LogP contribution < -0.4 is 0 Å². The molecule has 0 aromatic carbocycles. The van der Waals surface area contributed by atoms with Crippen LogP contribution in [-0.2, 0) is 0 Å². The fraction of sp³-hybridized carbons (Fsp3) is 1.00. The molecule has 0 saturated heterocycles. The highest BCUT2D eigenvalue weighted by molar-refractivity contribution is 4.84. The molecule has 0 heterocycles. The monoisotopic (exact) mass is 196 g/mol. The van der Waals surface area contributed by atoms with E-state index in [-0.39, 0.29) is 0 Å². The molecule has 0 amide bonds. The van der Waals surface area contributed by atoms with Crippen LogP contribution in [0.4, 0.5) is 0 Å². The van der Waals surface area contributed by atoms with Crippen molar-refractivity contribution in [2.75, 3.05) is 0 Å². The molecule has 0 aromatic rings. The molecule has 2 bridgehead atoms. The summed E-state index contributed by atoms with van der Waals surface area (Å²) in [6, 6.07) is 0. The van der Waals surface area contributed by atoms with E-state index in [9.17, 15) is 0 Å². The molecule has 0 N–H and O–H groups in total. The molecule has 2 unspecified atom stereocenters. The first-order valence-corrected chi connectivity index (χ1v) is 6.78. The lowest BCUT2D eigenvalue weighted by Crippen LogP contribution is -2.29. The first-order chi connectivity index (χ1) is 6.78. The van der Waals surface area contributed by atoms with Crippen LogP contribution >= 0.6 is 0 Å². The van der Waals surface area contributed by atoms with Gasteiger partial charge in [-0.3, -0.25) is 0 Å². The Hall–Kier alpha value is 0. The average molecular weight is 196 g/mol. The lowest BCUT2D eigenvalue weighted by molar-refractivity contribution is 0.102. The fourth-order valence-electron chi connectivity index (χ4n) is 3.66. The summed E-state index contributed by atoms with van der Waals surface area (Å²) in [4.78, 5) is 0. The van der Waals surface area contributed by atoms with E-state index >= 15 is 0 Å². The highest BCUT2D eigenvalue weighted by atomic mass is 14.4. The minimum atomic E-state index is 1.03. The van der Waals surface area contributed by atoms with Gasteiger partial charge in [-0.1, -0.05) is 34.1 Å². The topological polar surface area (TPSA) is 0 Å². The van der Waals surface area contributed by atoms with Crippen molar-refractivity contribution in [2.45, 2.75) is 66.2 Å². The molecule has 14 heavy (non-hydrogen) atoms. The number of rotatable bonds is 1. The summed E-state index contributed by atoms with van der Waals surface area (Å²) in [7, 11) is 0. The van der Waals surface area contributed by atoms with Crippen LogP contribution in [0.3, 0.4) is 0 Å². The van der Waals surface area contributed by atoms with Crippen molar-refractivity contribution in [1.29, 1.82) is 0 Å². The van der Waals surface area contributed by atoms with E-state index in [0.29, 0.717) is 0 Å². The number of fused-ring (bicyclic) bond motifs is 2. The second-order valence-electron chi connectivity index (χ2n) is 5.29. The normalized spacial score (nSPS) is 41.1. The zero-order valence-corrected chi connectivity index (χ0v) is 10.6. The van der Waals surface area contributed by atoms with Crippen molar-refractivity contribution in [2.24, 2.45) is 23.7 Å². The van der Waals surface area contributed by atoms with Gasteiger partial charge < -0.3 is 0 Å². The summed E-state index contributed by atoms with van der Waals surface area (Å²) < 4.78 is 0. The summed E-state index contributed by atoms with van der Waals surface area (Å²) in [5, 5.41) is 0. The van der Waals surface area contributed by atoms with E-state index in [1.165, 1.54) is 19.3 Å². The number of hydrogen-bond acceptors (Lipinski definition) is 0. The molecular formula is C14H28. The van der Waals surface area contributed by atoms with Crippen LogP contribution in [0.1, 0.15) is 66.2 Å². The first kappa shape index (κ1) is 12.1. The van der Waals surface area contributed by atoms with E-state index in [1.54, 1.807) is 19.3 Å². The second-order valence-corrected chi connectivity index (χ2v) is 5.29. The largest absolute Gasteiger partial charge is 0.0683 e. The van der Waals surface area contributed by atoms with Gasteiger partial charge in [-0.05, 0) is 55.8 Å². The smallest absolute Gasteiger partial charge is 0.0406 e. The average Bonchev–Trinajstić information content (AvgIpc) is 2.19. The third-order valence-corrected chi connectivity index (χ3v) is 4.05. The van der Waals surface area contributed by atoms with Gasteiger partial charge in [0.1, 0.15) is 0 Å². The summed E-state index contributed by atoms with van der Waals surface area (Å²) in [6.07, 6.45) is 9.18. The Morgan fingerprint density at radius 1 is 0.857 bits per heavy atom. The summed E-state index contributed by atoms with van der Waals surface area (Å²) >= 11 is 0. The molecule has 2 saturated carbocycles. The lowest BCUT2D eigenvalue weighted by Gasteiger charge is -2.41. The summed E-state index contributed by atoms with van der Waals surface area (Å²) in [6.45, 7) is 8.82. The Bertz CT molecular complexity index is 132. The van der Waals surface area contributed by atoms with Crippen molar-refractivity contribution in [1.82, 2.24) is 0 Å². The quantitative estimate of drug-likeness (QED) is 0.560. The lowest BCUT2D eigenvalue weighted by atomic mass is 9.64. The molecule has 2 aliphatic rings. The molecule has 0 heteroatoms. The van der Waals surface area contributed by atoms with Crippen molar-refractivity contribution in [3.8, 4) is 0 Å². The van der Waals surface area contributed by atoms with Crippen LogP contribution in [-0.4, -0.2) is 0 Å². The summed E-state index contributed by atoms with van der Waals surface area (Å²) in [5.41, 5.74) is 0. The van der Waals surface area contributed by atoms with E-state index in [4.69, 9.17) is 0 Å². The predicted molar refractivity (Wildman–Crippen MR) is 64.4 cm³/mol. The van der Waals surface area contributed by atoms with Crippen LogP contribution in [0.25, 0.3) is 0 Å². The Labute approximate surface area is 90.5 Å². The molecule has 0 nitrogen and oxygen atoms in total. The van der Waals surface area contributed by atoms with Gasteiger partial charge in [-0.15, -0.1) is 0 Å². The molecule has 0 spiro atoms. The Morgan fingerprint density at radius 2 is 1.36 bits per heavy atom. The highest BCUT2D eigenvalue weighted by Gasteiger charge is 2.33. The van der Waals surface area contributed by atoms with Crippen molar-refractivity contribution in [3.63, 3.8) is 0 Å². The fourth-order valence-corrected chi connectivity index (χ4v) is 3.66. The van der Waals surface area contributed by atoms with Gasteiger partial charge >= 0.3 is 0 Å². The molecular weight excluding hydrogens is 168 g/mol. The van der Waals surface area contributed by atoms with Gasteiger partial charge in [0.05, 0.1) is 0 Å². The molecule has 0 radical (unpaired) electrons. The van der Waals surface area contributed by atoms with Gasteiger partial charge in [-0.25, -0.2) is 0 Å². The standard InChI is InChI=1S/C12H22.C2H6/c1-3-10-6-11-4-9(2)5-12(7-10)8-11;1-2/h9-12H,3-8H2,1-2H3;1-2H3. The maximum atomic E-state index is 2.45. The summed E-state index contributed by atoms with van der Waals surface area (Å²) in [5.74, 6) is 4.34. The molecule has 2 aliphatic carbocycles. The molecule has 84 valence electrons. The van der Waals surface area contributed by atoms with E-state index in [0.717, 1.165) is 23.7 Å². The van der Waals surface area contributed by atoms with Crippen molar-refractivity contribution in [3.05, 3.63) is 0 Å². The van der Waals surface area contributed by atoms with Crippen LogP contribution in [0.5, 0.6) is 0 Å². The highest BCUT2D eigenvalue weighted by Crippen LogP contribution is 2.45. The van der Waals surface area contributed by atoms with E-state index in [1.807, 2.05) is 13.8 Å². The number of hydrogen-bond donors (Lipinski definition) is 0. The van der Waals surface area contributed by atoms with Gasteiger partial charge in [0, 0.05) is 0 Å². The van der Waals surface area contributed by atoms with Gasteiger partial charge in [0.2, 0.25) is 0 Å². The first-order valence-electron chi connectivity index (χ1n) is 6.78. The molecule has 2 fully saturated rings. The zero-order valence-electron chi connectivity index (χ0n) is 10.6. The molecule has 2 atom stereocenters. The van der Waals surface area contributed by atoms with Gasteiger partial charge in [0.15, 0.2) is 0 Å². The SMILES string of the molecule is CC.CCC1CC2CC(C)CC(C1)C2. The minimum absolute atomic E-state index is 1.03. The van der Waals surface area contributed by atoms with Crippen LogP contribution in [0.15, 0.2) is 0 Å². The molecule has 2 rings (SSSR count). The zero-order chi connectivity index (χ0) is 10.6. The maximum Gasteiger partial charge on any atom is -0.0406 e. The van der Waals surface area contributed by atoms with Crippen molar-refractivity contribution >= 4 is 0 Å². The third-order valence-electron chi connectivity index (χ3n) is 4.05. The maximum absolute atomic E-state index is 2.45. The van der Waals surface area contributed by atoms with Crippen LogP contribution in [0.2, 0.25) is 0 Å². The van der Waals surface area contributed by atoms with Crippen LogP contribution in [0, 0.1) is 23.7 Å². The minimum Gasteiger partial charge on any atom is -0.0683 e. The Kier molecular flexibility index (Phi) is 4.98. The van der Waals surface area contributed by atoms with Gasteiger partial charge in [0.25, 0.3) is 0 Å². The van der Waals surface area contributed by atoms with Gasteiger partial charge in [-0.2, -0.15) is 0 Å². The van der Waals surface area contributed by atoms with E-state index in [2.05, 4.69) is 13.8 Å². The van der Waals surface area contributed by atoms with Crippen molar-refractivity contribution < 1.29 is 0 Å². The Morgan fingerprint density at radius 3 is 1.79 bits per heavy atom. The Balaban J connectivity index is 0.000000461.